The fraction of sp³-hybridized carbons (Fsp3) is 0.250. The normalized spacial score (nSPS) is 13.0. The van der Waals surface area contributed by atoms with Crippen LogP contribution in [-0.4, -0.2) is 31.4 Å². The smallest absolute Gasteiger partial charge is 0.404 e. The summed E-state index contributed by atoms with van der Waals surface area (Å²) >= 11 is 0. The van der Waals surface area contributed by atoms with Crippen LogP contribution in [0.5, 0.6) is 0 Å². The van der Waals surface area contributed by atoms with Crippen LogP contribution in [0.25, 0.3) is 0 Å². The van der Waals surface area contributed by atoms with Crippen LogP contribution < -0.4 is 5.32 Å². The highest BCUT2D eigenvalue weighted by Gasteiger charge is 2.51. The van der Waals surface area contributed by atoms with E-state index in [0.29, 0.717) is 0 Å². The Morgan fingerprint density at radius 3 is 2.48 bits per heavy atom. The summed E-state index contributed by atoms with van der Waals surface area (Å²) in [7, 11) is -5.27. The molecule has 0 fully saturated rings. The molecule has 0 saturated heterocycles. The Kier molecular flexibility index (Phi) is 5.00. The van der Waals surface area contributed by atoms with E-state index in [1.807, 2.05) is 0 Å². The number of halogens is 3. The van der Waals surface area contributed by atoms with E-state index in [2.05, 4.69) is 0 Å². The molecule has 0 radical (unpaired) electrons. The number of sulfone groups is 1. The Morgan fingerprint density at radius 1 is 1.38 bits per heavy atom. The maximum Gasteiger partial charge on any atom is 0.404 e. The fourth-order valence-corrected chi connectivity index (χ4v) is 2.84. The van der Waals surface area contributed by atoms with Gasteiger partial charge in [0.2, 0.25) is 0 Å². The molecule has 116 valence electrons. The highest BCUT2D eigenvalue weighted by atomic mass is 32.2. The van der Waals surface area contributed by atoms with Gasteiger partial charge >= 0.3 is 11.3 Å². The monoisotopic (exact) mass is 323 g/mol. The summed E-state index contributed by atoms with van der Waals surface area (Å²) < 4.78 is 64.7. The molecule has 9 heteroatoms. The van der Waals surface area contributed by atoms with Crippen molar-refractivity contribution in [2.45, 2.75) is 17.1 Å². The predicted octanol–water partition coefficient (Wildman–Crippen LogP) is 2.48. The Morgan fingerprint density at radius 2 is 1.95 bits per heavy atom. The molecule has 0 bridgehead atoms. The third-order valence-electron chi connectivity index (χ3n) is 2.53. The van der Waals surface area contributed by atoms with Gasteiger partial charge in [0.05, 0.1) is 4.90 Å². The number of carbonyl (C=O) groups is 1. The maximum atomic E-state index is 13.8. The van der Waals surface area contributed by atoms with Crippen LogP contribution >= 0.6 is 0 Å². The lowest BCUT2D eigenvalue weighted by Crippen LogP contribution is -2.31. The number of alkyl halides is 2. The highest BCUT2D eigenvalue weighted by Crippen LogP contribution is 2.37. The average Bonchev–Trinajstić information content (AvgIpc) is 2.38. The topological polar surface area (TPSA) is 83.5 Å². The Labute approximate surface area is 119 Å². The van der Waals surface area contributed by atoms with Crippen LogP contribution in [0.1, 0.15) is 5.56 Å². The minimum Gasteiger partial charge on any atom is -0.465 e. The van der Waals surface area contributed by atoms with Crippen molar-refractivity contribution in [2.24, 2.45) is 0 Å². The second-order valence-corrected chi connectivity index (χ2v) is 5.98. The second-order valence-electron chi connectivity index (χ2n) is 4.02. The van der Waals surface area contributed by atoms with Crippen LogP contribution in [0.4, 0.5) is 18.0 Å². The van der Waals surface area contributed by atoms with Crippen molar-refractivity contribution in [2.75, 3.05) is 6.54 Å². The molecule has 1 aromatic carbocycles. The van der Waals surface area contributed by atoms with Gasteiger partial charge in [0, 0.05) is 6.54 Å². The van der Waals surface area contributed by atoms with Crippen molar-refractivity contribution < 1.29 is 31.5 Å². The zero-order valence-corrected chi connectivity index (χ0v) is 11.6. The summed E-state index contributed by atoms with van der Waals surface area (Å²) in [6.07, 6.45) is -1.38. The van der Waals surface area contributed by atoms with E-state index in [9.17, 15) is 26.4 Å². The number of amides is 1. The molecule has 21 heavy (non-hydrogen) atoms. The van der Waals surface area contributed by atoms with Crippen molar-refractivity contribution in [3.63, 3.8) is 0 Å². The molecule has 0 aliphatic heterocycles. The lowest BCUT2D eigenvalue weighted by molar-refractivity contribution is 0.105. The molecule has 0 saturated carbocycles. The maximum absolute atomic E-state index is 13.8. The number of rotatable bonds is 5. The van der Waals surface area contributed by atoms with Crippen molar-refractivity contribution in [1.29, 1.82) is 0 Å². The van der Waals surface area contributed by atoms with Gasteiger partial charge in [-0.1, -0.05) is 18.2 Å². The van der Waals surface area contributed by atoms with Crippen LogP contribution in [-0.2, 0) is 9.84 Å². The predicted molar refractivity (Wildman–Crippen MR) is 68.5 cm³/mol. The first-order chi connectivity index (χ1) is 9.60. The minimum atomic E-state index is -5.27. The molecule has 0 spiro atoms. The van der Waals surface area contributed by atoms with E-state index in [1.165, 1.54) is 25.1 Å². The van der Waals surface area contributed by atoms with E-state index in [1.54, 1.807) is 5.32 Å². The van der Waals surface area contributed by atoms with Gasteiger partial charge in [-0.25, -0.2) is 17.6 Å². The molecule has 0 aromatic heterocycles. The van der Waals surface area contributed by atoms with Gasteiger partial charge in [-0.15, -0.1) is 0 Å². The van der Waals surface area contributed by atoms with Gasteiger partial charge in [-0.05, 0) is 24.6 Å². The van der Waals surface area contributed by atoms with Crippen LogP contribution in [0.3, 0.4) is 0 Å². The molecule has 0 aliphatic carbocycles. The fourth-order valence-electron chi connectivity index (χ4n) is 1.47. The van der Waals surface area contributed by atoms with Gasteiger partial charge in [0.25, 0.3) is 9.84 Å². The number of benzene rings is 1. The summed E-state index contributed by atoms with van der Waals surface area (Å²) in [5.41, 5.74) is 0.0497. The van der Waals surface area contributed by atoms with Crippen molar-refractivity contribution >= 4 is 15.9 Å². The van der Waals surface area contributed by atoms with E-state index in [0.717, 1.165) is 6.07 Å². The summed E-state index contributed by atoms with van der Waals surface area (Å²) in [6.45, 7) is 0.524. The van der Waals surface area contributed by atoms with E-state index in [-0.39, 0.29) is 11.6 Å². The first-order valence-electron chi connectivity index (χ1n) is 5.61. The van der Waals surface area contributed by atoms with Gasteiger partial charge in [-0.2, -0.15) is 8.78 Å². The molecular weight excluding hydrogens is 311 g/mol. The third-order valence-corrected chi connectivity index (χ3v) is 4.44. The first kappa shape index (κ1) is 17.0. The molecule has 2 N–H and O–H groups in total. The number of hydrogen-bond acceptors (Lipinski definition) is 3. The van der Waals surface area contributed by atoms with Crippen molar-refractivity contribution in [3.05, 3.63) is 41.7 Å². The number of nitrogens with one attached hydrogen (secondary N) is 1. The zero-order valence-electron chi connectivity index (χ0n) is 10.8. The Hall–Kier alpha value is -2.03. The minimum absolute atomic E-state index is 0.0497. The summed E-state index contributed by atoms with van der Waals surface area (Å²) in [5.74, 6) is -2.24. The lowest BCUT2D eigenvalue weighted by atomic mass is 10.2. The molecule has 0 heterocycles. The van der Waals surface area contributed by atoms with Crippen molar-refractivity contribution in [1.82, 2.24) is 5.32 Å². The van der Waals surface area contributed by atoms with E-state index >= 15 is 0 Å². The van der Waals surface area contributed by atoms with Crippen LogP contribution in [0.2, 0.25) is 0 Å². The number of hydrogen-bond donors (Lipinski definition) is 2. The summed E-state index contributed by atoms with van der Waals surface area (Å²) in [5, 5.41) is 5.08. The first-order valence-corrected chi connectivity index (χ1v) is 7.10. The van der Waals surface area contributed by atoms with Crippen LogP contribution in [0, 0.1) is 6.92 Å². The molecule has 1 aromatic rings. The third kappa shape index (κ3) is 3.54. The highest BCUT2D eigenvalue weighted by molar-refractivity contribution is 7.92. The van der Waals surface area contributed by atoms with Gasteiger partial charge in [-0.3, -0.25) is 0 Å². The summed E-state index contributed by atoms with van der Waals surface area (Å²) in [6, 6.07) is 4.94. The van der Waals surface area contributed by atoms with Crippen LogP contribution in [0.15, 0.2) is 41.1 Å². The molecule has 1 amide bonds. The second kappa shape index (κ2) is 6.17. The quantitative estimate of drug-likeness (QED) is 0.872. The molecule has 0 unspecified atom stereocenters. The largest absolute Gasteiger partial charge is 0.465 e. The van der Waals surface area contributed by atoms with Gasteiger partial charge < -0.3 is 10.4 Å². The summed E-state index contributed by atoms with van der Waals surface area (Å²) in [4.78, 5) is 9.43. The van der Waals surface area contributed by atoms with Crippen molar-refractivity contribution in [3.8, 4) is 0 Å². The Bertz CT molecular complexity index is 671. The zero-order chi connectivity index (χ0) is 16.3. The number of carboxylic acid groups (broad SMARTS) is 1. The van der Waals surface area contributed by atoms with Gasteiger partial charge in [0.15, 0.2) is 5.83 Å². The SMILES string of the molecule is Cc1ccccc1S(=O)(=O)C(F)(F)/C(F)=C/CNC(=O)O. The molecule has 0 aliphatic rings. The average molecular weight is 323 g/mol. The molecular formula is C12H12F3NO4S. The Balaban J connectivity index is 3.16. The molecule has 0 atom stereocenters. The van der Waals surface area contributed by atoms with Gasteiger partial charge in [0.1, 0.15) is 0 Å². The van der Waals surface area contributed by atoms with E-state index < -0.39 is 38.5 Å². The van der Waals surface area contributed by atoms with E-state index in [4.69, 9.17) is 5.11 Å². The molecule has 1 rings (SSSR count). The number of aryl methyl sites for hydroxylation is 1. The lowest BCUT2D eigenvalue weighted by Gasteiger charge is -2.16. The molecule has 5 nitrogen and oxygen atoms in total. The standard InChI is InChI=1S/C12H12F3NO4S/c1-8-4-2-3-5-9(8)21(19,20)12(14,15)10(13)6-7-16-11(17)18/h2-6,16H,7H2,1H3,(H,17,18)/b10-6-.